The molecule has 0 bridgehead atoms. The Morgan fingerprint density at radius 2 is 2.12 bits per heavy atom. The predicted molar refractivity (Wildman–Crippen MR) is 53.4 cm³/mol. The maximum Gasteiger partial charge on any atom is 0.164 e. The first-order chi connectivity index (χ1) is 7.69. The zero-order valence-electron chi connectivity index (χ0n) is 8.40. The summed E-state index contributed by atoms with van der Waals surface area (Å²) >= 11 is 0. The third-order valence-corrected chi connectivity index (χ3v) is 2.11. The first-order valence-electron chi connectivity index (χ1n) is 4.71. The summed E-state index contributed by atoms with van der Waals surface area (Å²) in [6.07, 6.45) is 1.44. The molecule has 0 unspecified atom stereocenters. The molecular formula is C10H10F2N4. The fourth-order valence-corrected chi connectivity index (χ4v) is 1.34. The van der Waals surface area contributed by atoms with Crippen molar-refractivity contribution in [2.24, 2.45) is 5.73 Å². The molecule has 2 N–H and O–H groups in total. The molecule has 0 aliphatic heterocycles. The van der Waals surface area contributed by atoms with E-state index in [9.17, 15) is 8.78 Å². The molecule has 4 nitrogen and oxygen atoms in total. The molecule has 0 atom stereocenters. The van der Waals surface area contributed by atoms with Crippen molar-refractivity contribution in [3.63, 3.8) is 0 Å². The maximum absolute atomic E-state index is 13.3. The molecule has 6 heteroatoms. The minimum absolute atomic E-state index is 0.136. The van der Waals surface area contributed by atoms with E-state index in [4.69, 9.17) is 5.73 Å². The van der Waals surface area contributed by atoms with Gasteiger partial charge in [-0.3, -0.25) is 0 Å². The molecule has 1 heterocycles. The zero-order chi connectivity index (χ0) is 11.5. The van der Waals surface area contributed by atoms with Gasteiger partial charge in [-0.1, -0.05) is 0 Å². The van der Waals surface area contributed by atoms with Crippen LogP contribution in [0.15, 0.2) is 24.5 Å². The van der Waals surface area contributed by atoms with E-state index in [0.717, 1.165) is 18.2 Å². The lowest BCUT2D eigenvalue weighted by molar-refractivity contribution is 0.564. The second kappa shape index (κ2) is 4.36. The number of rotatable bonds is 3. The topological polar surface area (TPSA) is 56.7 Å². The number of aromatic nitrogens is 3. The normalized spacial score (nSPS) is 10.7. The van der Waals surface area contributed by atoms with Crippen LogP contribution in [0.2, 0.25) is 0 Å². The molecule has 84 valence electrons. The standard InChI is InChI=1S/C10H10F2N4/c11-8-1-2-9(12)7(3-8)5-16-6-14-10(4-13)15-16/h1-3,6H,4-5,13H2. The van der Waals surface area contributed by atoms with Crippen LogP contribution in [0.3, 0.4) is 0 Å². The molecule has 2 rings (SSSR count). The zero-order valence-corrected chi connectivity index (χ0v) is 8.40. The fourth-order valence-electron chi connectivity index (χ4n) is 1.34. The molecule has 0 aliphatic rings. The average Bonchev–Trinajstić information content (AvgIpc) is 2.71. The lowest BCUT2D eigenvalue weighted by atomic mass is 10.2. The van der Waals surface area contributed by atoms with Crippen LogP contribution in [-0.2, 0) is 13.1 Å². The van der Waals surface area contributed by atoms with Crippen molar-refractivity contribution < 1.29 is 8.78 Å². The maximum atomic E-state index is 13.3. The van der Waals surface area contributed by atoms with Gasteiger partial charge in [-0.15, -0.1) is 0 Å². The summed E-state index contributed by atoms with van der Waals surface area (Å²) in [6, 6.07) is 3.30. The van der Waals surface area contributed by atoms with Crippen LogP contribution < -0.4 is 5.73 Å². The van der Waals surface area contributed by atoms with E-state index in [1.807, 2.05) is 0 Å². The summed E-state index contributed by atoms with van der Waals surface area (Å²) in [4.78, 5) is 3.89. The molecule has 0 saturated heterocycles. The Morgan fingerprint density at radius 3 is 2.81 bits per heavy atom. The molecule has 1 aromatic heterocycles. The van der Waals surface area contributed by atoms with Gasteiger partial charge in [0.2, 0.25) is 0 Å². The molecule has 0 radical (unpaired) electrons. The van der Waals surface area contributed by atoms with E-state index >= 15 is 0 Å². The van der Waals surface area contributed by atoms with Crippen LogP contribution in [0.4, 0.5) is 8.78 Å². The van der Waals surface area contributed by atoms with Crippen LogP contribution in [0.5, 0.6) is 0 Å². The van der Waals surface area contributed by atoms with Gasteiger partial charge in [0.05, 0.1) is 13.1 Å². The molecule has 0 aliphatic carbocycles. The average molecular weight is 224 g/mol. The van der Waals surface area contributed by atoms with Crippen molar-refractivity contribution in [1.29, 1.82) is 0 Å². The van der Waals surface area contributed by atoms with Gasteiger partial charge in [-0.2, -0.15) is 5.10 Å². The van der Waals surface area contributed by atoms with Crippen molar-refractivity contribution in [2.75, 3.05) is 0 Å². The van der Waals surface area contributed by atoms with Crippen LogP contribution in [0.1, 0.15) is 11.4 Å². The van der Waals surface area contributed by atoms with Crippen LogP contribution in [-0.4, -0.2) is 14.8 Å². The first kappa shape index (κ1) is 10.7. The van der Waals surface area contributed by atoms with E-state index in [0.29, 0.717) is 5.82 Å². The largest absolute Gasteiger partial charge is 0.324 e. The van der Waals surface area contributed by atoms with Crippen LogP contribution >= 0.6 is 0 Å². The highest BCUT2D eigenvalue weighted by molar-refractivity contribution is 5.18. The van der Waals surface area contributed by atoms with Crippen molar-refractivity contribution in [1.82, 2.24) is 14.8 Å². The van der Waals surface area contributed by atoms with Gasteiger partial charge in [0.15, 0.2) is 5.82 Å². The molecule has 0 fully saturated rings. The van der Waals surface area contributed by atoms with Crippen LogP contribution in [0, 0.1) is 11.6 Å². The minimum Gasteiger partial charge on any atom is -0.324 e. The van der Waals surface area contributed by atoms with Crippen molar-refractivity contribution in [3.05, 3.63) is 47.5 Å². The summed E-state index contributed by atoms with van der Waals surface area (Å²) in [5, 5.41) is 3.99. The van der Waals surface area contributed by atoms with Crippen molar-refractivity contribution in [2.45, 2.75) is 13.1 Å². The first-order valence-corrected chi connectivity index (χ1v) is 4.71. The molecule has 2 aromatic rings. The third kappa shape index (κ3) is 2.22. The molecule has 16 heavy (non-hydrogen) atoms. The number of halogens is 2. The number of benzene rings is 1. The summed E-state index contributed by atoms with van der Waals surface area (Å²) in [5.74, 6) is -0.474. The summed E-state index contributed by atoms with van der Waals surface area (Å²) in [5.41, 5.74) is 5.57. The summed E-state index contributed by atoms with van der Waals surface area (Å²) < 4.78 is 27.6. The Balaban J connectivity index is 2.22. The van der Waals surface area contributed by atoms with Gasteiger partial charge in [0.1, 0.15) is 18.0 Å². The van der Waals surface area contributed by atoms with Gasteiger partial charge in [-0.05, 0) is 18.2 Å². The van der Waals surface area contributed by atoms with Gasteiger partial charge >= 0.3 is 0 Å². The lowest BCUT2D eigenvalue weighted by Gasteiger charge is -2.02. The Hall–Kier alpha value is -1.82. The number of hydrogen-bond donors (Lipinski definition) is 1. The van der Waals surface area contributed by atoms with Crippen molar-refractivity contribution in [3.8, 4) is 0 Å². The highest BCUT2D eigenvalue weighted by Gasteiger charge is 2.06. The second-order valence-electron chi connectivity index (χ2n) is 3.30. The number of nitrogens with zero attached hydrogens (tertiary/aromatic N) is 3. The Labute approximate surface area is 90.7 Å². The van der Waals surface area contributed by atoms with E-state index < -0.39 is 11.6 Å². The summed E-state index contributed by atoms with van der Waals surface area (Å²) in [6.45, 7) is 0.356. The van der Waals surface area contributed by atoms with Crippen LogP contribution in [0.25, 0.3) is 0 Å². The molecular weight excluding hydrogens is 214 g/mol. The predicted octanol–water partition coefficient (Wildman–Crippen LogP) is 1.06. The molecule has 0 amide bonds. The Bertz CT molecular complexity index is 495. The minimum atomic E-state index is -0.476. The van der Waals surface area contributed by atoms with E-state index in [1.54, 1.807) is 0 Å². The summed E-state index contributed by atoms with van der Waals surface area (Å²) in [7, 11) is 0. The Kier molecular flexibility index (Phi) is 2.91. The van der Waals surface area contributed by atoms with E-state index in [-0.39, 0.29) is 18.7 Å². The Morgan fingerprint density at radius 1 is 1.31 bits per heavy atom. The number of hydrogen-bond acceptors (Lipinski definition) is 3. The third-order valence-electron chi connectivity index (χ3n) is 2.11. The molecule has 1 aromatic carbocycles. The fraction of sp³-hybridized carbons (Fsp3) is 0.200. The smallest absolute Gasteiger partial charge is 0.164 e. The van der Waals surface area contributed by atoms with Gasteiger partial charge in [-0.25, -0.2) is 18.4 Å². The van der Waals surface area contributed by atoms with Gasteiger partial charge < -0.3 is 5.73 Å². The lowest BCUT2D eigenvalue weighted by Crippen LogP contribution is -2.05. The highest BCUT2D eigenvalue weighted by atomic mass is 19.1. The van der Waals surface area contributed by atoms with E-state index in [1.165, 1.54) is 11.0 Å². The second-order valence-corrected chi connectivity index (χ2v) is 3.30. The van der Waals surface area contributed by atoms with Crippen molar-refractivity contribution >= 4 is 0 Å². The van der Waals surface area contributed by atoms with Gasteiger partial charge in [0.25, 0.3) is 0 Å². The quantitative estimate of drug-likeness (QED) is 0.848. The number of nitrogens with two attached hydrogens (primary N) is 1. The van der Waals surface area contributed by atoms with Gasteiger partial charge in [0, 0.05) is 5.56 Å². The highest BCUT2D eigenvalue weighted by Crippen LogP contribution is 2.10. The monoisotopic (exact) mass is 224 g/mol. The molecule has 0 saturated carbocycles. The van der Waals surface area contributed by atoms with E-state index in [2.05, 4.69) is 10.1 Å². The SMILES string of the molecule is NCc1ncn(Cc2cc(F)ccc2F)n1. The molecule has 0 spiro atoms.